The van der Waals surface area contributed by atoms with E-state index in [0.29, 0.717) is 17.9 Å². The van der Waals surface area contributed by atoms with Gasteiger partial charge in [0.2, 0.25) is 15.9 Å². The molecular formula is C20H22Cl2N2O3S. The molecular weight excluding hydrogens is 419 g/mol. The number of carbonyl (C=O) groups excluding carboxylic acids is 1. The highest BCUT2D eigenvalue weighted by molar-refractivity contribution is 7.89. The van der Waals surface area contributed by atoms with Gasteiger partial charge in [-0.2, -0.15) is 4.31 Å². The van der Waals surface area contributed by atoms with Gasteiger partial charge in [0.05, 0.1) is 5.02 Å². The van der Waals surface area contributed by atoms with E-state index in [4.69, 9.17) is 23.2 Å². The summed E-state index contributed by atoms with van der Waals surface area (Å²) in [6.07, 6.45) is 0.905. The summed E-state index contributed by atoms with van der Waals surface area (Å²) in [5.74, 6) is -0.310. The van der Waals surface area contributed by atoms with Gasteiger partial charge < -0.3 is 5.32 Å². The summed E-state index contributed by atoms with van der Waals surface area (Å²) >= 11 is 12.0. The van der Waals surface area contributed by atoms with E-state index in [-0.39, 0.29) is 34.8 Å². The zero-order valence-electron chi connectivity index (χ0n) is 15.7. The summed E-state index contributed by atoms with van der Waals surface area (Å²) in [6.45, 7) is 4.42. The number of amides is 1. The lowest BCUT2D eigenvalue weighted by molar-refractivity contribution is -0.120. The molecule has 0 bridgehead atoms. The fourth-order valence-electron chi connectivity index (χ4n) is 3.41. The topological polar surface area (TPSA) is 66.5 Å². The van der Waals surface area contributed by atoms with Gasteiger partial charge in [0.15, 0.2) is 0 Å². The predicted molar refractivity (Wildman–Crippen MR) is 112 cm³/mol. The molecule has 0 aromatic heterocycles. The molecule has 1 aliphatic rings. The molecule has 8 heteroatoms. The fraction of sp³-hybridized carbons (Fsp3) is 0.350. The number of nitrogens with zero attached hydrogens (tertiary/aromatic N) is 1. The van der Waals surface area contributed by atoms with Gasteiger partial charge >= 0.3 is 0 Å². The molecule has 1 N–H and O–H groups in total. The standard InChI is InChI=1S/C20H22Cl2N2O3S/c1-13-4-3-5-14(2)19(13)23-20(25)15-8-10-24(11-9-15)28(26,27)18-12-16(21)6-7-17(18)22/h3-7,12,15H,8-11H2,1-2H3,(H,23,25). The van der Waals surface area contributed by atoms with Crippen LogP contribution < -0.4 is 5.32 Å². The van der Waals surface area contributed by atoms with E-state index < -0.39 is 10.0 Å². The van der Waals surface area contributed by atoms with Crippen LogP contribution in [0.2, 0.25) is 10.0 Å². The van der Waals surface area contributed by atoms with Crippen molar-refractivity contribution >= 4 is 44.8 Å². The van der Waals surface area contributed by atoms with Crippen molar-refractivity contribution in [3.05, 3.63) is 57.6 Å². The van der Waals surface area contributed by atoms with Crippen LogP contribution in [-0.4, -0.2) is 31.7 Å². The van der Waals surface area contributed by atoms with Crippen LogP contribution >= 0.6 is 23.2 Å². The number of hydrogen-bond donors (Lipinski definition) is 1. The predicted octanol–water partition coefficient (Wildman–Crippen LogP) is 4.65. The van der Waals surface area contributed by atoms with Crippen LogP contribution in [-0.2, 0) is 14.8 Å². The molecule has 3 rings (SSSR count). The molecule has 2 aromatic carbocycles. The maximum atomic E-state index is 12.9. The Morgan fingerprint density at radius 2 is 1.68 bits per heavy atom. The average molecular weight is 441 g/mol. The zero-order valence-corrected chi connectivity index (χ0v) is 18.0. The minimum absolute atomic E-state index is 0.0000957. The fourth-order valence-corrected chi connectivity index (χ4v) is 5.62. The van der Waals surface area contributed by atoms with E-state index in [1.807, 2.05) is 32.0 Å². The first kappa shape index (κ1) is 21.1. The molecule has 1 aliphatic heterocycles. The molecule has 0 aliphatic carbocycles. The third-order valence-electron chi connectivity index (χ3n) is 5.07. The normalized spacial score (nSPS) is 16.1. The average Bonchev–Trinajstić information content (AvgIpc) is 2.66. The molecule has 2 aromatic rings. The van der Waals surface area contributed by atoms with Crippen molar-refractivity contribution in [1.82, 2.24) is 4.31 Å². The largest absolute Gasteiger partial charge is 0.325 e. The SMILES string of the molecule is Cc1cccc(C)c1NC(=O)C1CCN(S(=O)(=O)c2cc(Cl)ccc2Cl)CC1. The molecule has 1 heterocycles. The molecule has 0 spiro atoms. The van der Waals surface area contributed by atoms with Crippen molar-refractivity contribution in [3.8, 4) is 0 Å². The van der Waals surface area contributed by atoms with Gasteiger partial charge in [0.1, 0.15) is 4.90 Å². The van der Waals surface area contributed by atoms with Crippen molar-refractivity contribution in [3.63, 3.8) is 0 Å². The zero-order chi connectivity index (χ0) is 20.5. The first-order valence-electron chi connectivity index (χ1n) is 9.02. The second kappa shape index (κ2) is 8.41. The molecule has 28 heavy (non-hydrogen) atoms. The first-order valence-corrected chi connectivity index (χ1v) is 11.2. The minimum atomic E-state index is -3.75. The summed E-state index contributed by atoms with van der Waals surface area (Å²) in [4.78, 5) is 12.7. The highest BCUT2D eigenvalue weighted by atomic mass is 35.5. The Hall–Kier alpha value is -1.60. The number of aryl methyl sites for hydroxylation is 2. The number of halogens is 2. The van der Waals surface area contributed by atoms with Gasteiger partial charge in [-0.15, -0.1) is 0 Å². The number of sulfonamides is 1. The number of carbonyl (C=O) groups is 1. The Balaban J connectivity index is 1.69. The maximum absolute atomic E-state index is 12.9. The molecule has 0 radical (unpaired) electrons. The van der Waals surface area contributed by atoms with E-state index in [0.717, 1.165) is 16.8 Å². The van der Waals surface area contributed by atoms with Gasteiger partial charge in [-0.1, -0.05) is 41.4 Å². The highest BCUT2D eigenvalue weighted by Gasteiger charge is 2.33. The third-order valence-corrected chi connectivity index (χ3v) is 7.68. The Morgan fingerprint density at radius 1 is 1.07 bits per heavy atom. The van der Waals surface area contributed by atoms with Gasteiger partial charge in [-0.25, -0.2) is 8.42 Å². The Bertz CT molecular complexity index is 980. The van der Waals surface area contributed by atoms with Crippen LogP contribution in [0.5, 0.6) is 0 Å². The van der Waals surface area contributed by atoms with Gasteiger partial charge in [-0.3, -0.25) is 4.79 Å². The molecule has 0 saturated carbocycles. The van der Waals surface area contributed by atoms with E-state index >= 15 is 0 Å². The molecule has 1 fully saturated rings. The number of piperidine rings is 1. The third kappa shape index (κ3) is 4.35. The van der Waals surface area contributed by atoms with Crippen LogP contribution in [0.25, 0.3) is 0 Å². The van der Waals surface area contributed by atoms with Gasteiger partial charge in [0.25, 0.3) is 0 Å². The number of hydrogen-bond acceptors (Lipinski definition) is 3. The van der Waals surface area contributed by atoms with E-state index in [9.17, 15) is 13.2 Å². The molecule has 5 nitrogen and oxygen atoms in total. The monoisotopic (exact) mass is 440 g/mol. The van der Waals surface area contributed by atoms with Crippen molar-refractivity contribution in [2.45, 2.75) is 31.6 Å². The smallest absolute Gasteiger partial charge is 0.244 e. The molecule has 1 saturated heterocycles. The van der Waals surface area contributed by atoms with Gasteiger partial charge in [-0.05, 0) is 56.0 Å². The van der Waals surface area contributed by atoms with Crippen LogP contribution in [0.3, 0.4) is 0 Å². The van der Waals surface area contributed by atoms with Crippen molar-refractivity contribution in [1.29, 1.82) is 0 Å². The number of benzene rings is 2. The van der Waals surface area contributed by atoms with Crippen molar-refractivity contribution in [2.75, 3.05) is 18.4 Å². The Labute approximate surface area is 175 Å². The molecule has 150 valence electrons. The van der Waals surface area contributed by atoms with Crippen LogP contribution in [0.15, 0.2) is 41.3 Å². The lowest BCUT2D eigenvalue weighted by Gasteiger charge is -2.31. The number of nitrogens with one attached hydrogen (secondary N) is 1. The Kier molecular flexibility index (Phi) is 6.34. The molecule has 0 unspecified atom stereocenters. The summed E-state index contributed by atoms with van der Waals surface area (Å²) in [5, 5.41) is 3.45. The van der Waals surface area contributed by atoms with Crippen molar-refractivity contribution < 1.29 is 13.2 Å². The van der Waals surface area contributed by atoms with E-state index in [2.05, 4.69) is 5.32 Å². The molecule has 0 atom stereocenters. The van der Waals surface area contributed by atoms with E-state index in [1.54, 1.807) is 6.07 Å². The van der Waals surface area contributed by atoms with Crippen LogP contribution in [0.4, 0.5) is 5.69 Å². The lowest BCUT2D eigenvalue weighted by atomic mass is 9.96. The molecule has 1 amide bonds. The number of anilines is 1. The second-order valence-electron chi connectivity index (χ2n) is 7.01. The summed E-state index contributed by atoms with van der Waals surface area (Å²) in [7, 11) is -3.75. The summed E-state index contributed by atoms with van der Waals surface area (Å²) in [6, 6.07) is 10.2. The number of rotatable bonds is 4. The van der Waals surface area contributed by atoms with Crippen LogP contribution in [0.1, 0.15) is 24.0 Å². The quantitative estimate of drug-likeness (QED) is 0.751. The maximum Gasteiger partial charge on any atom is 0.244 e. The summed E-state index contributed by atoms with van der Waals surface area (Å²) in [5.41, 5.74) is 2.83. The summed E-state index contributed by atoms with van der Waals surface area (Å²) < 4.78 is 27.2. The van der Waals surface area contributed by atoms with E-state index in [1.165, 1.54) is 16.4 Å². The van der Waals surface area contributed by atoms with Gasteiger partial charge in [0, 0.05) is 29.7 Å². The van der Waals surface area contributed by atoms with Crippen molar-refractivity contribution in [2.24, 2.45) is 5.92 Å². The minimum Gasteiger partial charge on any atom is -0.325 e. The van der Waals surface area contributed by atoms with Crippen LogP contribution in [0, 0.1) is 19.8 Å². The lowest BCUT2D eigenvalue weighted by Crippen LogP contribution is -2.41. The first-order chi connectivity index (χ1) is 13.2. The number of para-hydroxylation sites is 1. The Morgan fingerprint density at radius 3 is 2.29 bits per heavy atom. The highest BCUT2D eigenvalue weighted by Crippen LogP contribution is 2.31. The second-order valence-corrected chi connectivity index (χ2v) is 9.76.